The zero-order valence-corrected chi connectivity index (χ0v) is 17.3. The summed E-state index contributed by atoms with van der Waals surface area (Å²) in [5.74, 6) is 2.94. The van der Waals surface area contributed by atoms with E-state index in [0.717, 1.165) is 60.7 Å². The van der Waals surface area contributed by atoms with Crippen LogP contribution < -0.4 is 0 Å². The van der Waals surface area contributed by atoms with Crippen LogP contribution in [0.25, 0.3) is 11.0 Å². The highest BCUT2D eigenvalue weighted by atomic mass is 19.1. The number of ether oxygens (including phenoxy) is 1. The first kappa shape index (κ1) is 19.0. The minimum atomic E-state index is -0.234. The van der Waals surface area contributed by atoms with E-state index in [4.69, 9.17) is 4.74 Å². The van der Waals surface area contributed by atoms with Gasteiger partial charge in [0.2, 0.25) is 0 Å². The number of aromatic nitrogens is 2. The van der Waals surface area contributed by atoms with Gasteiger partial charge in [0, 0.05) is 32.8 Å². The molecule has 2 aromatic rings. The number of piperidine rings is 1. The maximum Gasteiger partial charge on any atom is 0.125 e. The largest absolute Gasteiger partial charge is 0.378 e. The van der Waals surface area contributed by atoms with Crippen molar-refractivity contribution in [3.63, 3.8) is 0 Å². The van der Waals surface area contributed by atoms with E-state index in [1.165, 1.54) is 25.0 Å². The van der Waals surface area contributed by atoms with E-state index < -0.39 is 0 Å². The summed E-state index contributed by atoms with van der Waals surface area (Å²) in [5.41, 5.74) is 1.73. The Labute approximate surface area is 172 Å². The third-order valence-corrected chi connectivity index (χ3v) is 7.18. The molecule has 3 aliphatic rings. The lowest BCUT2D eigenvalue weighted by molar-refractivity contribution is -0.00955. The van der Waals surface area contributed by atoms with Crippen LogP contribution in [0, 0.1) is 30.5 Å². The van der Waals surface area contributed by atoms with Gasteiger partial charge in [-0.2, -0.15) is 0 Å². The fourth-order valence-corrected chi connectivity index (χ4v) is 5.86. The van der Waals surface area contributed by atoms with Crippen molar-refractivity contribution in [3.05, 3.63) is 54.1 Å². The Morgan fingerprint density at radius 2 is 1.93 bits per heavy atom. The van der Waals surface area contributed by atoms with Crippen molar-refractivity contribution in [2.24, 2.45) is 17.8 Å². The number of allylic oxidation sites excluding steroid dienone is 4. The normalized spacial score (nSPS) is 32.2. The molecule has 4 nitrogen and oxygen atoms in total. The van der Waals surface area contributed by atoms with Crippen LogP contribution in [0.1, 0.15) is 31.1 Å². The highest BCUT2D eigenvalue weighted by Gasteiger charge is 2.36. The van der Waals surface area contributed by atoms with E-state index in [1.807, 2.05) is 20.1 Å². The number of nitrogens with zero attached hydrogens (tertiary/aromatic N) is 3. The van der Waals surface area contributed by atoms with Crippen LogP contribution in [-0.2, 0) is 4.74 Å². The van der Waals surface area contributed by atoms with Crippen LogP contribution in [0.5, 0.6) is 0 Å². The van der Waals surface area contributed by atoms with Crippen molar-refractivity contribution in [3.8, 4) is 0 Å². The third kappa shape index (κ3) is 3.55. The summed E-state index contributed by atoms with van der Waals surface area (Å²) in [4.78, 5) is 7.19. The summed E-state index contributed by atoms with van der Waals surface area (Å²) in [6.07, 6.45) is 13.0. The quantitative estimate of drug-likeness (QED) is 0.763. The predicted octanol–water partition coefficient (Wildman–Crippen LogP) is 4.51. The summed E-state index contributed by atoms with van der Waals surface area (Å²) >= 11 is 0. The van der Waals surface area contributed by atoms with Crippen molar-refractivity contribution >= 4 is 11.0 Å². The van der Waals surface area contributed by atoms with Gasteiger partial charge in [-0.3, -0.25) is 0 Å². The average Bonchev–Trinajstić information content (AvgIpc) is 3.26. The Hall–Kier alpha value is -1.98. The van der Waals surface area contributed by atoms with Crippen LogP contribution in [0.4, 0.5) is 4.39 Å². The number of fused-ring (bicyclic) bond motifs is 2. The van der Waals surface area contributed by atoms with Gasteiger partial charge in [0.25, 0.3) is 0 Å². The first-order chi connectivity index (χ1) is 14.1. The first-order valence-corrected chi connectivity index (χ1v) is 10.9. The molecule has 0 N–H and O–H groups in total. The molecule has 2 fully saturated rings. The lowest BCUT2D eigenvalue weighted by Crippen LogP contribution is -2.47. The second-order valence-corrected chi connectivity index (χ2v) is 8.99. The molecule has 1 aliphatic heterocycles. The van der Waals surface area contributed by atoms with E-state index in [0.29, 0.717) is 0 Å². The number of methoxy groups -OCH3 is 1. The second kappa shape index (κ2) is 7.69. The predicted molar refractivity (Wildman–Crippen MR) is 113 cm³/mol. The smallest absolute Gasteiger partial charge is 0.125 e. The molecule has 1 aromatic carbocycles. The number of likely N-dealkylation sites (tertiary alicyclic amines) is 1. The minimum absolute atomic E-state index is 0.119. The monoisotopic (exact) mass is 395 g/mol. The molecule has 1 saturated heterocycles. The highest BCUT2D eigenvalue weighted by molar-refractivity contribution is 5.76. The fourth-order valence-electron chi connectivity index (χ4n) is 5.86. The van der Waals surface area contributed by atoms with E-state index >= 15 is 0 Å². The van der Waals surface area contributed by atoms with Gasteiger partial charge in [0.1, 0.15) is 11.6 Å². The molecule has 0 bridgehead atoms. The lowest BCUT2D eigenvalue weighted by Gasteiger charge is -2.40. The Morgan fingerprint density at radius 3 is 2.66 bits per heavy atom. The molecular formula is C24H30FN3O. The molecule has 0 radical (unpaired) electrons. The van der Waals surface area contributed by atoms with Crippen LogP contribution in [0.2, 0.25) is 0 Å². The van der Waals surface area contributed by atoms with Gasteiger partial charge < -0.3 is 14.2 Å². The van der Waals surface area contributed by atoms with Crippen LogP contribution in [0.15, 0.2) is 42.5 Å². The lowest BCUT2D eigenvalue weighted by atomic mass is 9.92. The van der Waals surface area contributed by atoms with Gasteiger partial charge >= 0.3 is 0 Å². The summed E-state index contributed by atoms with van der Waals surface area (Å²) in [6.45, 7) is 5.19. The Balaban J connectivity index is 1.30. The Bertz CT molecular complexity index is 929. The second-order valence-electron chi connectivity index (χ2n) is 8.99. The Morgan fingerprint density at radius 1 is 1.17 bits per heavy atom. The summed E-state index contributed by atoms with van der Waals surface area (Å²) in [6, 6.07) is 5.14. The molecule has 2 aliphatic carbocycles. The molecule has 2 unspecified atom stereocenters. The zero-order valence-electron chi connectivity index (χ0n) is 17.3. The molecule has 2 heterocycles. The van der Waals surface area contributed by atoms with Crippen molar-refractivity contribution < 1.29 is 9.13 Å². The number of hydrogen-bond acceptors (Lipinski definition) is 3. The molecule has 5 heteroatoms. The zero-order chi connectivity index (χ0) is 20.0. The number of halogens is 1. The molecule has 1 aromatic heterocycles. The van der Waals surface area contributed by atoms with Gasteiger partial charge in [0.05, 0.1) is 23.2 Å². The molecule has 29 heavy (non-hydrogen) atoms. The average molecular weight is 396 g/mol. The molecule has 1 saturated carbocycles. The molecule has 0 spiro atoms. The number of rotatable bonds is 4. The topological polar surface area (TPSA) is 30.3 Å². The van der Waals surface area contributed by atoms with Gasteiger partial charge in [0.15, 0.2) is 0 Å². The summed E-state index contributed by atoms with van der Waals surface area (Å²) < 4.78 is 21.9. The van der Waals surface area contributed by atoms with E-state index in [1.54, 1.807) is 0 Å². The molecule has 4 atom stereocenters. The van der Waals surface area contributed by atoms with E-state index in [-0.39, 0.29) is 18.0 Å². The van der Waals surface area contributed by atoms with Crippen molar-refractivity contribution in [2.45, 2.75) is 38.3 Å². The summed E-state index contributed by atoms with van der Waals surface area (Å²) in [5, 5.41) is 0. The molecule has 154 valence electrons. The molecular weight excluding hydrogens is 365 g/mol. The maximum atomic E-state index is 13.6. The van der Waals surface area contributed by atoms with Crippen molar-refractivity contribution in [2.75, 3.05) is 26.7 Å². The van der Waals surface area contributed by atoms with Crippen LogP contribution in [0.3, 0.4) is 0 Å². The third-order valence-electron chi connectivity index (χ3n) is 7.18. The van der Waals surface area contributed by atoms with E-state index in [2.05, 4.69) is 38.8 Å². The van der Waals surface area contributed by atoms with E-state index in [9.17, 15) is 4.39 Å². The highest BCUT2D eigenvalue weighted by Crippen LogP contribution is 2.41. The number of imidazole rings is 1. The number of hydrogen-bond donors (Lipinski definition) is 0. The molecule has 5 rings (SSSR count). The standard InChI is InChI=1S/C24H30FN3O/c1-16-26-21-13-20(25)7-8-22(21)28(16)23-9-10-27(15-24(23)29-2)14-17-11-18-5-3-4-6-19(18)12-17/h3-8,13,17-19,23-24H,9-12,14-15H2,1-2H3/t17?,18?,19?,23-,24-/m1/s1. The SMILES string of the molecule is CO[C@@H]1CN(CC2CC3C=CC=CC3C2)CC[C@H]1n1c(C)nc2cc(F)ccc21. The maximum absolute atomic E-state index is 13.6. The first-order valence-electron chi connectivity index (χ1n) is 10.9. The van der Waals surface area contributed by atoms with Gasteiger partial charge in [-0.05, 0) is 56.1 Å². The molecule has 0 amide bonds. The fraction of sp³-hybridized carbons (Fsp3) is 0.542. The number of aryl methyl sites for hydroxylation is 1. The Kier molecular flexibility index (Phi) is 5.04. The van der Waals surface area contributed by atoms with Crippen LogP contribution in [-0.4, -0.2) is 47.3 Å². The van der Waals surface area contributed by atoms with Crippen molar-refractivity contribution in [1.29, 1.82) is 0 Å². The van der Waals surface area contributed by atoms with Gasteiger partial charge in [-0.15, -0.1) is 0 Å². The van der Waals surface area contributed by atoms with Crippen molar-refractivity contribution in [1.82, 2.24) is 14.5 Å². The van der Waals surface area contributed by atoms with Gasteiger partial charge in [-0.25, -0.2) is 9.37 Å². The summed E-state index contributed by atoms with van der Waals surface area (Å²) in [7, 11) is 1.81. The van der Waals surface area contributed by atoms with Crippen LogP contribution >= 0.6 is 0 Å². The number of benzene rings is 1. The minimum Gasteiger partial charge on any atom is -0.378 e. The van der Waals surface area contributed by atoms with Gasteiger partial charge in [-0.1, -0.05) is 24.3 Å².